The van der Waals surface area contributed by atoms with Gasteiger partial charge in [0.05, 0.1) is 6.26 Å². The van der Waals surface area contributed by atoms with E-state index < -0.39 is 10.0 Å². The van der Waals surface area contributed by atoms with Crippen molar-refractivity contribution in [1.82, 2.24) is 14.9 Å². The van der Waals surface area contributed by atoms with Gasteiger partial charge in [0.1, 0.15) is 0 Å². The summed E-state index contributed by atoms with van der Waals surface area (Å²) in [4.78, 5) is 4.73. The Balaban J connectivity index is 0.00000625. The average molecular weight is 503 g/mol. The van der Waals surface area contributed by atoms with Crippen LogP contribution in [0, 0.1) is 11.8 Å². The Labute approximate surface area is 178 Å². The monoisotopic (exact) mass is 502 g/mol. The lowest BCUT2D eigenvalue weighted by molar-refractivity contribution is 0.280. The topological polar surface area (TPSA) is 73.8 Å². The molecule has 0 spiro atoms. The molecule has 1 unspecified atom stereocenters. The molecule has 0 aliphatic carbocycles. The van der Waals surface area contributed by atoms with Crippen LogP contribution in [0.1, 0.15) is 59.8 Å². The Morgan fingerprint density at radius 1 is 1.19 bits per heavy atom. The first-order valence-corrected chi connectivity index (χ1v) is 11.6. The van der Waals surface area contributed by atoms with Crippen molar-refractivity contribution in [3.63, 3.8) is 0 Å². The van der Waals surface area contributed by atoms with E-state index in [1.807, 2.05) is 0 Å². The number of piperidine rings is 1. The van der Waals surface area contributed by atoms with Gasteiger partial charge in [-0.1, -0.05) is 26.7 Å². The molecule has 1 aliphatic heterocycles. The lowest BCUT2D eigenvalue weighted by Gasteiger charge is -2.29. The molecule has 0 aromatic carbocycles. The highest BCUT2D eigenvalue weighted by atomic mass is 127. The summed E-state index contributed by atoms with van der Waals surface area (Å²) in [5.41, 5.74) is 0. The number of guanidine groups is 1. The maximum Gasteiger partial charge on any atom is 0.211 e. The van der Waals surface area contributed by atoms with Crippen LogP contribution in [-0.4, -0.2) is 57.2 Å². The third-order valence-electron chi connectivity index (χ3n) is 4.70. The summed E-state index contributed by atoms with van der Waals surface area (Å²) in [6, 6.07) is 0.406. The molecule has 1 heterocycles. The molecule has 26 heavy (non-hydrogen) atoms. The fourth-order valence-corrected chi connectivity index (χ4v) is 3.98. The predicted molar refractivity (Wildman–Crippen MR) is 122 cm³/mol. The molecule has 0 radical (unpaired) electrons. The van der Waals surface area contributed by atoms with Crippen molar-refractivity contribution in [3.05, 3.63) is 0 Å². The van der Waals surface area contributed by atoms with Crippen LogP contribution in [0.4, 0.5) is 0 Å². The molecule has 2 N–H and O–H groups in total. The highest BCUT2D eigenvalue weighted by Crippen LogP contribution is 2.19. The lowest BCUT2D eigenvalue weighted by atomic mass is 9.98. The van der Waals surface area contributed by atoms with Gasteiger partial charge in [0, 0.05) is 32.2 Å². The summed E-state index contributed by atoms with van der Waals surface area (Å²) in [7, 11) is -3.05. The van der Waals surface area contributed by atoms with Gasteiger partial charge in [-0.3, -0.25) is 4.99 Å². The van der Waals surface area contributed by atoms with Gasteiger partial charge in [-0.25, -0.2) is 12.7 Å². The predicted octanol–water partition coefficient (Wildman–Crippen LogP) is 3.05. The minimum Gasteiger partial charge on any atom is -0.357 e. The van der Waals surface area contributed by atoms with Gasteiger partial charge in [0.2, 0.25) is 10.0 Å². The highest BCUT2D eigenvalue weighted by molar-refractivity contribution is 14.0. The Morgan fingerprint density at radius 2 is 1.81 bits per heavy atom. The van der Waals surface area contributed by atoms with Crippen molar-refractivity contribution in [3.8, 4) is 0 Å². The molecule has 1 aliphatic rings. The minimum atomic E-state index is -3.05. The fourth-order valence-electron chi connectivity index (χ4n) is 3.10. The summed E-state index contributed by atoms with van der Waals surface area (Å²) < 4.78 is 24.7. The molecule has 6 nitrogen and oxygen atoms in total. The SMILES string of the molecule is CCNC(=NCC1CCN(S(C)(=O)=O)CC1)NC(C)CCCC(C)C.I. The maximum atomic E-state index is 11.6. The van der Waals surface area contributed by atoms with Crippen LogP contribution < -0.4 is 10.6 Å². The van der Waals surface area contributed by atoms with Crippen LogP contribution >= 0.6 is 24.0 Å². The van der Waals surface area contributed by atoms with Crippen LogP contribution in [0.2, 0.25) is 0 Å². The van der Waals surface area contributed by atoms with Gasteiger partial charge >= 0.3 is 0 Å². The minimum absolute atomic E-state index is 0. The fraction of sp³-hybridized carbons (Fsp3) is 0.944. The first-order chi connectivity index (χ1) is 11.7. The number of aliphatic imine (C=N–C) groups is 1. The standard InChI is InChI=1S/C18H38N4O2S.HI/c1-6-19-18(21-16(4)9-7-8-15(2)3)20-14-17-10-12-22(13-11-17)25(5,23)24;/h15-17H,6-14H2,1-5H3,(H2,19,20,21);1H. The van der Waals surface area contributed by atoms with Crippen molar-refractivity contribution in [2.75, 3.05) is 32.4 Å². The maximum absolute atomic E-state index is 11.6. The van der Waals surface area contributed by atoms with Crippen molar-refractivity contribution < 1.29 is 8.42 Å². The molecule has 8 heteroatoms. The van der Waals surface area contributed by atoms with E-state index in [9.17, 15) is 8.42 Å². The Kier molecular flexibility index (Phi) is 13.1. The first kappa shape index (κ1) is 25.9. The highest BCUT2D eigenvalue weighted by Gasteiger charge is 2.24. The van der Waals surface area contributed by atoms with Crippen LogP contribution in [0.25, 0.3) is 0 Å². The molecule has 1 atom stereocenters. The summed E-state index contributed by atoms with van der Waals surface area (Å²) in [6.07, 6.45) is 6.71. The molecular weight excluding hydrogens is 463 g/mol. The van der Waals surface area contributed by atoms with Crippen molar-refractivity contribution in [1.29, 1.82) is 0 Å². The molecule has 1 fully saturated rings. The molecule has 1 saturated heterocycles. The Hall–Kier alpha value is -0.0900. The molecule has 1 rings (SSSR count). The molecule has 0 bridgehead atoms. The van der Waals surface area contributed by atoms with Gasteiger partial charge in [0.15, 0.2) is 5.96 Å². The van der Waals surface area contributed by atoms with Crippen LogP contribution in [0.15, 0.2) is 4.99 Å². The Morgan fingerprint density at radius 3 is 2.31 bits per heavy atom. The smallest absolute Gasteiger partial charge is 0.211 e. The third kappa shape index (κ3) is 10.9. The summed E-state index contributed by atoms with van der Waals surface area (Å²) in [5.74, 6) is 2.10. The average Bonchev–Trinajstić information content (AvgIpc) is 2.52. The van der Waals surface area contributed by atoms with Crippen molar-refractivity contribution >= 4 is 40.0 Å². The van der Waals surface area contributed by atoms with E-state index >= 15 is 0 Å². The second-order valence-corrected chi connectivity index (χ2v) is 9.68. The van der Waals surface area contributed by atoms with E-state index in [0.29, 0.717) is 25.0 Å². The second kappa shape index (κ2) is 13.1. The van der Waals surface area contributed by atoms with Gasteiger partial charge < -0.3 is 10.6 Å². The number of nitrogens with zero attached hydrogens (tertiary/aromatic N) is 2. The molecule has 0 aromatic heterocycles. The van der Waals surface area contributed by atoms with Gasteiger partial charge in [0.25, 0.3) is 0 Å². The summed E-state index contributed by atoms with van der Waals surface area (Å²) in [5, 5.41) is 6.81. The van der Waals surface area contributed by atoms with Gasteiger partial charge in [-0.05, 0) is 44.9 Å². The number of halogens is 1. The van der Waals surface area contributed by atoms with Crippen molar-refractivity contribution in [2.24, 2.45) is 16.8 Å². The van der Waals surface area contributed by atoms with Crippen LogP contribution in [0.5, 0.6) is 0 Å². The first-order valence-electron chi connectivity index (χ1n) is 9.72. The largest absolute Gasteiger partial charge is 0.357 e. The Bertz CT molecular complexity index is 503. The second-order valence-electron chi connectivity index (χ2n) is 7.70. The number of hydrogen-bond acceptors (Lipinski definition) is 3. The summed E-state index contributed by atoms with van der Waals surface area (Å²) in [6.45, 7) is 11.6. The zero-order valence-corrected chi connectivity index (χ0v) is 20.3. The van der Waals surface area contributed by atoms with E-state index in [1.54, 1.807) is 4.31 Å². The molecule has 0 saturated carbocycles. The van der Waals surface area contributed by atoms with Gasteiger partial charge in [-0.15, -0.1) is 24.0 Å². The summed E-state index contributed by atoms with van der Waals surface area (Å²) >= 11 is 0. The molecule has 0 aromatic rings. The van der Waals surface area contributed by atoms with Crippen LogP contribution in [-0.2, 0) is 10.0 Å². The zero-order valence-electron chi connectivity index (χ0n) is 17.1. The van der Waals surface area contributed by atoms with E-state index in [2.05, 4.69) is 38.3 Å². The van der Waals surface area contributed by atoms with Gasteiger partial charge in [-0.2, -0.15) is 0 Å². The van der Waals surface area contributed by atoms with E-state index in [0.717, 1.165) is 44.2 Å². The third-order valence-corrected chi connectivity index (χ3v) is 6.00. The molecule has 156 valence electrons. The number of sulfonamides is 1. The molecular formula is C18H39IN4O2S. The number of rotatable bonds is 9. The molecule has 0 amide bonds. The van der Waals surface area contributed by atoms with E-state index in [4.69, 9.17) is 4.99 Å². The lowest BCUT2D eigenvalue weighted by Crippen LogP contribution is -2.43. The zero-order chi connectivity index (χ0) is 18.9. The van der Waals surface area contributed by atoms with Crippen molar-refractivity contribution in [2.45, 2.75) is 65.8 Å². The quantitative estimate of drug-likeness (QED) is 0.289. The van der Waals surface area contributed by atoms with E-state index in [1.165, 1.54) is 19.1 Å². The number of hydrogen-bond donors (Lipinski definition) is 2. The normalized spacial score (nSPS) is 18.5. The number of nitrogens with one attached hydrogen (secondary N) is 2. The van der Waals surface area contributed by atoms with Crippen LogP contribution in [0.3, 0.4) is 0 Å². The van der Waals surface area contributed by atoms with E-state index in [-0.39, 0.29) is 24.0 Å².